The largest absolute Gasteiger partial charge is 0.726 e. The Labute approximate surface area is 161 Å². The van der Waals surface area contributed by atoms with Crippen molar-refractivity contribution in [3.05, 3.63) is 0 Å². The zero-order valence-electron chi connectivity index (χ0n) is 17.4. The number of carbonyl (C=O) groups excluding carboxylic acids is 1. The molecule has 0 atom stereocenters. The van der Waals surface area contributed by atoms with Crippen molar-refractivity contribution in [1.29, 1.82) is 0 Å². The molecule has 0 aromatic rings. The van der Waals surface area contributed by atoms with Crippen LogP contribution in [0.4, 0.5) is 0 Å². The maximum absolute atomic E-state index is 11.7. The number of quaternary nitrogens is 1. The Hall–Kier alpha value is -0.540. The zero-order chi connectivity index (χ0) is 19.8. The Balaban J connectivity index is -0.000000649. The topological polar surface area (TPSA) is 115 Å². The minimum absolute atomic E-state index is 0. The highest BCUT2D eigenvalue weighted by Gasteiger charge is 2.18. The molecule has 0 saturated carbocycles. The fourth-order valence-corrected chi connectivity index (χ4v) is 2.28. The number of carbonyl (C=O) groups is 1. The van der Waals surface area contributed by atoms with Gasteiger partial charge in [0.15, 0.2) is 0 Å². The highest BCUT2D eigenvalue weighted by atomic mass is 32.3. The Bertz CT molecular complexity index is 418. The van der Waals surface area contributed by atoms with Crippen LogP contribution in [0.5, 0.6) is 0 Å². The molecular weight excluding hydrogens is 358 g/mol. The number of amides is 1. The molecule has 0 aliphatic rings. The van der Waals surface area contributed by atoms with E-state index in [0.717, 1.165) is 20.0 Å². The van der Waals surface area contributed by atoms with Gasteiger partial charge in [0, 0.05) is 0 Å². The minimum Gasteiger partial charge on any atom is -0.726 e. The second-order valence-corrected chi connectivity index (χ2v) is 8.42. The van der Waals surface area contributed by atoms with Gasteiger partial charge in [-0.2, -0.15) is 0 Å². The molecule has 0 bridgehead atoms. The first kappa shape index (κ1) is 30.2. The van der Waals surface area contributed by atoms with Gasteiger partial charge in [-0.1, -0.05) is 71.1 Å². The van der Waals surface area contributed by atoms with Gasteiger partial charge in [0.05, 0.1) is 34.7 Å². The molecule has 0 unspecified atom stereocenters. The molecule has 0 aromatic carbocycles. The summed E-state index contributed by atoms with van der Waals surface area (Å²) in [5.41, 5.74) is 0. The molecule has 0 fully saturated rings. The summed E-state index contributed by atoms with van der Waals surface area (Å²) in [7, 11) is 2.27. The fourth-order valence-electron chi connectivity index (χ4n) is 2.28. The highest BCUT2D eigenvalue weighted by Crippen LogP contribution is 2.12. The van der Waals surface area contributed by atoms with Crippen molar-refractivity contribution in [3.8, 4) is 0 Å². The molecule has 2 N–H and O–H groups in total. The Morgan fingerprint density at radius 2 is 1.15 bits per heavy atom. The lowest BCUT2D eigenvalue weighted by atomic mass is 10.1. The molecule has 7 nitrogen and oxygen atoms in total. The number of nitrogens with zero attached hydrogens (tertiary/aromatic N) is 1. The fraction of sp³-hybridized carbons (Fsp3) is 0.944. The normalized spacial score (nSPS) is 11.3. The zero-order valence-corrected chi connectivity index (χ0v) is 18.2. The van der Waals surface area contributed by atoms with Gasteiger partial charge < -0.3 is 10.0 Å². The van der Waals surface area contributed by atoms with E-state index in [0.29, 0.717) is 10.4 Å². The van der Waals surface area contributed by atoms with E-state index in [4.69, 9.17) is 0 Å². The van der Waals surface area contributed by atoms with E-state index in [1.54, 1.807) is 0 Å². The molecule has 0 saturated heterocycles. The third kappa shape index (κ3) is 25.7. The van der Waals surface area contributed by atoms with Crippen LogP contribution in [0.15, 0.2) is 0 Å². The smallest absolute Gasteiger partial charge is 0.313 e. The molecule has 26 heavy (non-hydrogen) atoms. The van der Waals surface area contributed by atoms with Gasteiger partial charge in [0.25, 0.3) is 0 Å². The predicted octanol–water partition coefficient (Wildman–Crippen LogP) is 3.19. The second-order valence-electron chi connectivity index (χ2n) is 7.27. The summed E-state index contributed by atoms with van der Waals surface area (Å²) in [6.07, 6.45) is 15.5. The Morgan fingerprint density at radius 3 is 1.42 bits per heavy atom. The third-order valence-corrected chi connectivity index (χ3v) is 4.35. The average molecular weight is 400 g/mol. The number of rotatable bonds is 13. The first-order valence-electron chi connectivity index (χ1n) is 9.40. The molecule has 0 aromatic heterocycles. The number of hydrogen-bond acceptors (Lipinski definition) is 5. The van der Waals surface area contributed by atoms with Gasteiger partial charge in [-0.3, -0.25) is 8.67 Å². The van der Waals surface area contributed by atoms with E-state index in [1.807, 2.05) is 21.1 Å². The van der Waals surface area contributed by atoms with Crippen molar-refractivity contribution in [1.82, 2.24) is 0 Å². The molecule has 0 aliphatic carbocycles. The van der Waals surface area contributed by atoms with Crippen molar-refractivity contribution in [2.75, 3.05) is 28.3 Å². The van der Waals surface area contributed by atoms with Crippen molar-refractivity contribution in [2.24, 2.45) is 0 Å². The lowest BCUT2D eigenvalue weighted by Gasteiger charge is -2.20. The summed E-state index contributed by atoms with van der Waals surface area (Å²) >= 11 is 0. The van der Waals surface area contributed by atoms with Gasteiger partial charge in [-0.05, 0) is 6.42 Å². The summed E-state index contributed by atoms with van der Waals surface area (Å²) in [5, 5.41) is 0. The van der Waals surface area contributed by atoms with E-state index < -0.39 is 10.4 Å². The number of unbranched alkanes of at least 4 members (excludes halogenated alkanes) is 10. The van der Waals surface area contributed by atoms with E-state index >= 15 is 0 Å². The highest BCUT2D eigenvalue weighted by molar-refractivity contribution is 7.80. The van der Waals surface area contributed by atoms with Crippen LogP contribution in [0.3, 0.4) is 0 Å². The van der Waals surface area contributed by atoms with Crippen LogP contribution in [0.2, 0.25) is 0 Å². The van der Waals surface area contributed by atoms with Gasteiger partial charge in [0.2, 0.25) is 10.4 Å². The summed E-state index contributed by atoms with van der Waals surface area (Å²) in [5.74, 6) is 0.357. The summed E-state index contributed by atoms with van der Waals surface area (Å²) in [6, 6.07) is 0. The maximum atomic E-state index is 11.7. The minimum atomic E-state index is -4.41. The molecular formula is C18H41NO6S. The van der Waals surface area contributed by atoms with E-state index in [1.165, 1.54) is 64.2 Å². The average Bonchev–Trinajstić information content (AvgIpc) is 2.51. The molecule has 0 heterocycles. The van der Waals surface area contributed by atoms with Crippen molar-refractivity contribution >= 4 is 16.3 Å². The lowest BCUT2D eigenvalue weighted by Crippen LogP contribution is -2.40. The molecule has 160 valence electrons. The summed E-state index contributed by atoms with van der Waals surface area (Å²) < 4.78 is 31.5. The first-order valence-corrected chi connectivity index (χ1v) is 10.7. The van der Waals surface area contributed by atoms with E-state index in [9.17, 15) is 17.8 Å². The quantitative estimate of drug-likeness (QED) is 0.204. The first-order chi connectivity index (χ1) is 11.5. The Kier molecular flexibility index (Phi) is 20.7. The molecule has 0 spiro atoms. The predicted molar refractivity (Wildman–Crippen MR) is 104 cm³/mol. The number of hydrogen-bond donors (Lipinski definition) is 0. The van der Waals surface area contributed by atoms with Crippen LogP contribution < -0.4 is 0 Å². The van der Waals surface area contributed by atoms with Crippen molar-refractivity contribution in [3.63, 3.8) is 0 Å². The van der Waals surface area contributed by atoms with Crippen LogP contribution in [0.1, 0.15) is 84.0 Å². The van der Waals surface area contributed by atoms with Crippen LogP contribution in [0, 0.1) is 0 Å². The van der Waals surface area contributed by atoms with E-state index in [2.05, 4.69) is 11.1 Å². The maximum Gasteiger partial charge on any atom is 0.313 e. The lowest BCUT2D eigenvalue weighted by molar-refractivity contribution is -0.792. The van der Waals surface area contributed by atoms with Gasteiger partial charge in [-0.25, -0.2) is 13.2 Å². The van der Waals surface area contributed by atoms with Crippen LogP contribution in [0.25, 0.3) is 0 Å². The van der Waals surface area contributed by atoms with Crippen molar-refractivity contribution in [2.45, 2.75) is 84.0 Å². The summed E-state index contributed by atoms with van der Waals surface area (Å²) in [4.78, 5) is 11.7. The molecule has 0 radical (unpaired) electrons. The van der Waals surface area contributed by atoms with Crippen molar-refractivity contribution < 1.29 is 31.9 Å². The standard InChI is InChI=1S/C17H36NO.CH4O4S.H2O/c1-5-6-7-8-9-10-11-12-13-14-15-16-17(19)18(2,3)4;1-5-6(2,3)4;/h5-16H2,1-4H3;1H3,(H,2,3,4);1H2/q+1;;/p-1. The monoisotopic (exact) mass is 399 g/mol. The van der Waals surface area contributed by atoms with Gasteiger partial charge in [-0.15, -0.1) is 0 Å². The molecule has 0 aliphatic heterocycles. The molecule has 8 heteroatoms. The van der Waals surface area contributed by atoms with E-state index in [-0.39, 0.29) is 5.48 Å². The second kappa shape index (κ2) is 17.9. The SMILES string of the molecule is CCCCCCCCCCCCCC(=O)[N+](C)(C)C.COS(=O)(=O)[O-].O. The molecule has 1 amide bonds. The summed E-state index contributed by atoms with van der Waals surface area (Å²) in [6.45, 7) is 2.27. The van der Waals surface area contributed by atoms with Gasteiger partial charge >= 0.3 is 5.91 Å². The van der Waals surface area contributed by atoms with Crippen LogP contribution in [-0.4, -0.2) is 57.1 Å². The molecule has 0 rings (SSSR count). The van der Waals surface area contributed by atoms with Crippen LogP contribution >= 0.6 is 0 Å². The van der Waals surface area contributed by atoms with Crippen LogP contribution in [-0.2, 0) is 19.4 Å². The van der Waals surface area contributed by atoms with Gasteiger partial charge in [0.1, 0.15) is 0 Å². The Morgan fingerprint density at radius 1 is 0.846 bits per heavy atom. The third-order valence-electron chi connectivity index (χ3n) is 3.95.